The number of carbonyl (C=O) groups is 3. The number of likely N-dealkylation sites (N-methyl/N-ethyl adjacent to an activating group) is 1. The number of rotatable bonds is 5. The fraction of sp³-hybridized carbons (Fsp3) is 0.526. The van der Waals surface area contributed by atoms with Crippen LogP contribution in [0.2, 0.25) is 5.02 Å². The van der Waals surface area contributed by atoms with E-state index < -0.39 is 18.1 Å². The maximum absolute atomic E-state index is 13.0. The molecule has 7 nitrogen and oxygen atoms in total. The summed E-state index contributed by atoms with van der Waals surface area (Å²) >= 11 is 6.23. The lowest BCUT2D eigenvalue weighted by Crippen LogP contribution is -2.52. The van der Waals surface area contributed by atoms with Gasteiger partial charge in [0.2, 0.25) is 11.8 Å². The number of hydrogen-bond acceptors (Lipinski definition) is 4. The number of carboxylic acid groups (broad SMARTS) is 1. The second kappa shape index (κ2) is 8.27. The van der Waals surface area contributed by atoms with Crippen LogP contribution in [-0.4, -0.2) is 71.5 Å². The molecule has 2 atom stereocenters. The highest BCUT2D eigenvalue weighted by molar-refractivity contribution is 6.33. The van der Waals surface area contributed by atoms with Gasteiger partial charge in [-0.2, -0.15) is 0 Å². The van der Waals surface area contributed by atoms with Crippen molar-refractivity contribution in [2.45, 2.75) is 37.8 Å². The Balaban J connectivity index is 1.76. The Kier molecular flexibility index (Phi) is 6.01. The Morgan fingerprint density at radius 2 is 1.85 bits per heavy atom. The van der Waals surface area contributed by atoms with Gasteiger partial charge in [0, 0.05) is 13.1 Å². The van der Waals surface area contributed by atoms with Crippen LogP contribution in [0.15, 0.2) is 24.3 Å². The van der Waals surface area contributed by atoms with E-state index in [1.807, 2.05) is 23.1 Å². The number of benzene rings is 1. The van der Waals surface area contributed by atoms with Crippen molar-refractivity contribution in [1.82, 2.24) is 9.80 Å². The number of anilines is 1. The third-order valence-electron chi connectivity index (χ3n) is 5.38. The summed E-state index contributed by atoms with van der Waals surface area (Å²) in [6, 6.07) is 6.32. The highest BCUT2D eigenvalue weighted by atomic mass is 35.5. The van der Waals surface area contributed by atoms with E-state index in [1.54, 1.807) is 18.0 Å². The molecule has 0 aromatic heterocycles. The average molecular weight is 394 g/mol. The van der Waals surface area contributed by atoms with Crippen molar-refractivity contribution in [2.75, 3.05) is 31.6 Å². The standard InChI is InChI=1S/C19H24ClN3O4/c1-21(15-8-4-5-10-22(18(15)26)12-17(24)25)16-9-11-23(19(16)27)14-7-3-2-6-13(14)20/h2-3,6-7,15-16H,4-5,8-12H2,1H3,(H,24,25). The first-order valence-corrected chi connectivity index (χ1v) is 9.56. The number of halogens is 1. The van der Waals surface area contributed by atoms with Gasteiger partial charge < -0.3 is 14.9 Å². The van der Waals surface area contributed by atoms with E-state index in [-0.39, 0.29) is 18.4 Å². The minimum Gasteiger partial charge on any atom is -0.480 e. The molecular weight excluding hydrogens is 370 g/mol. The number of hydrogen-bond donors (Lipinski definition) is 1. The number of aliphatic carboxylic acids is 1. The molecule has 1 N–H and O–H groups in total. The largest absolute Gasteiger partial charge is 0.480 e. The zero-order chi connectivity index (χ0) is 19.6. The summed E-state index contributed by atoms with van der Waals surface area (Å²) in [6.07, 6.45) is 2.82. The molecule has 146 valence electrons. The Labute approximate surface area is 163 Å². The third-order valence-corrected chi connectivity index (χ3v) is 5.70. The van der Waals surface area contributed by atoms with Gasteiger partial charge in [-0.3, -0.25) is 19.3 Å². The van der Waals surface area contributed by atoms with Crippen LogP contribution in [0.5, 0.6) is 0 Å². The summed E-state index contributed by atoms with van der Waals surface area (Å²) in [6.45, 7) is 0.685. The normalized spacial score (nSPS) is 23.8. The molecule has 2 heterocycles. The maximum Gasteiger partial charge on any atom is 0.323 e. The van der Waals surface area contributed by atoms with Crippen molar-refractivity contribution in [3.63, 3.8) is 0 Å². The molecule has 0 aliphatic carbocycles. The van der Waals surface area contributed by atoms with Gasteiger partial charge in [-0.15, -0.1) is 0 Å². The number of nitrogens with zero attached hydrogens (tertiary/aromatic N) is 3. The molecule has 1 aromatic carbocycles. The average Bonchev–Trinajstić information content (AvgIpc) is 2.91. The van der Waals surface area contributed by atoms with Gasteiger partial charge in [0.25, 0.3) is 0 Å². The molecule has 2 amide bonds. The second-order valence-electron chi connectivity index (χ2n) is 7.08. The van der Waals surface area contributed by atoms with Gasteiger partial charge in [-0.05, 0) is 44.9 Å². The van der Waals surface area contributed by atoms with E-state index in [2.05, 4.69) is 0 Å². The topological polar surface area (TPSA) is 81.2 Å². The summed E-state index contributed by atoms with van der Waals surface area (Å²) in [7, 11) is 1.78. The quantitative estimate of drug-likeness (QED) is 0.825. The highest BCUT2D eigenvalue weighted by Gasteiger charge is 2.41. The molecule has 0 radical (unpaired) electrons. The summed E-state index contributed by atoms with van der Waals surface area (Å²) in [5.74, 6) is -1.30. The molecule has 3 rings (SSSR count). The van der Waals surface area contributed by atoms with Crippen molar-refractivity contribution in [1.29, 1.82) is 0 Å². The smallest absolute Gasteiger partial charge is 0.323 e. The molecule has 0 bridgehead atoms. The van der Waals surface area contributed by atoms with Crippen molar-refractivity contribution >= 4 is 35.1 Å². The van der Waals surface area contributed by atoms with E-state index in [4.69, 9.17) is 16.7 Å². The van der Waals surface area contributed by atoms with Gasteiger partial charge in [-0.25, -0.2) is 0 Å². The summed E-state index contributed by atoms with van der Waals surface area (Å²) in [4.78, 5) is 41.8. The lowest BCUT2D eigenvalue weighted by Gasteiger charge is -2.32. The molecule has 2 aliphatic rings. The number of amides is 2. The third kappa shape index (κ3) is 4.09. The molecule has 2 aliphatic heterocycles. The molecule has 2 saturated heterocycles. The van der Waals surface area contributed by atoms with Crippen LogP contribution in [0.4, 0.5) is 5.69 Å². The SMILES string of the molecule is CN(C1CCCCN(CC(=O)O)C1=O)C1CCN(c2ccccc2Cl)C1=O. The predicted molar refractivity (Wildman–Crippen MR) is 102 cm³/mol. The second-order valence-corrected chi connectivity index (χ2v) is 7.48. The van der Waals surface area contributed by atoms with E-state index in [1.165, 1.54) is 4.90 Å². The lowest BCUT2D eigenvalue weighted by atomic mass is 10.1. The molecule has 8 heteroatoms. The van der Waals surface area contributed by atoms with Crippen molar-refractivity contribution < 1.29 is 19.5 Å². The van der Waals surface area contributed by atoms with Crippen molar-refractivity contribution in [2.24, 2.45) is 0 Å². The number of likely N-dealkylation sites (tertiary alicyclic amines) is 1. The van der Waals surface area contributed by atoms with Gasteiger partial charge in [0.1, 0.15) is 6.54 Å². The van der Waals surface area contributed by atoms with Crippen molar-refractivity contribution in [3.8, 4) is 0 Å². The van der Waals surface area contributed by atoms with Gasteiger partial charge in [0.15, 0.2) is 0 Å². The summed E-state index contributed by atoms with van der Waals surface area (Å²) in [5, 5.41) is 9.58. The number of carboxylic acids is 1. The molecule has 2 unspecified atom stereocenters. The summed E-state index contributed by atoms with van der Waals surface area (Å²) in [5.41, 5.74) is 0.680. The number of para-hydroxylation sites is 1. The number of carbonyl (C=O) groups excluding carboxylic acids is 2. The zero-order valence-corrected chi connectivity index (χ0v) is 16.1. The molecule has 0 saturated carbocycles. The Morgan fingerprint density at radius 1 is 1.15 bits per heavy atom. The van der Waals surface area contributed by atoms with Gasteiger partial charge >= 0.3 is 5.97 Å². The first kappa shape index (κ1) is 19.6. The fourth-order valence-electron chi connectivity index (χ4n) is 3.95. The van der Waals surface area contributed by atoms with E-state index in [9.17, 15) is 14.4 Å². The summed E-state index contributed by atoms with van der Waals surface area (Å²) < 4.78 is 0. The lowest BCUT2D eigenvalue weighted by molar-refractivity contribution is -0.147. The van der Waals surface area contributed by atoms with E-state index >= 15 is 0 Å². The van der Waals surface area contributed by atoms with Gasteiger partial charge in [0.05, 0.1) is 22.8 Å². The minimum atomic E-state index is -1.02. The van der Waals surface area contributed by atoms with Crippen LogP contribution in [0, 0.1) is 0 Å². The highest BCUT2D eigenvalue weighted by Crippen LogP contribution is 2.31. The van der Waals surface area contributed by atoms with E-state index in [0.717, 1.165) is 12.8 Å². The minimum absolute atomic E-state index is 0.0765. The van der Waals surface area contributed by atoms with Crippen molar-refractivity contribution in [3.05, 3.63) is 29.3 Å². The van der Waals surface area contributed by atoms with Crippen LogP contribution in [0.3, 0.4) is 0 Å². The first-order valence-electron chi connectivity index (χ1n) is 9.18. The monoisotopic (exact) mass is 393 g/mol. The van der Waals surface area contributed by atoms with Gasteiger partial charge in [-0.1, -0.05) is 23.7 Å². The molecule has 0 spiro atoms. The molecular formula is C19H24ClN3O4. The van der Waals surface area contributed by atoms with Crippen LogP contribution >= 0.6 is 11.6 Å². The first-order chi connectivity index (χ1) is 12.9. The van der Waals surface area contributed by atoms with Crippen LogP contribution < -0.4 is 4.90 Å². The van der Waals surface area contributed by atoms with Crippen LogP contribution in [-0.2, 0) is 14.4 Å². The Bertz CT molecular complexity index is 741. The van der Waals surface area contributed by atoms with Crippen LogP contribution in [0.1, 0.15) is 25.7 Å². The molecule has 1 aromatic rings. The molecule has 2 fully saturated rings. The van der Waals surface area contributed by atoms with Crippen LogP contribution in [0.25, 0.3) is 0 Å². The zero-order valence-electron chi connectivity index (χ0n) is 15.3. The van der Waals surface area contributed by atoms with E-state index in [0.29, 0.717) is 36.6 Å². The maximum atomic E-state index is 13.0. The Hall–Kier alpha value is -2.12. The molecule has 27 heavy (non-hydrogen) atoms. The fourth-order valence-corrected chi connectivity index (χ4v) is 4.19. The Morgan fingerprint density at radius 3 is 2.56 bits per heavy atom. The predicted octanol–water partition coefficient (Wildman–Crippen LogP) is 1.84.